The Morgan fingerprint density at radius 1 is 1.53 bits per heavy atom. The summed E-state index contributed by atoms with van der Waals surface area (Å²) >= 11 is 9.05. The molecular formula is C10H12BrClN2O4S. The summed E-state index contributed by atoms with van der Waals surface area (Å²) in [6, 6.07) is 4.60. The number of benzene rings is 1. The molecule has 0 saturated carbocycles. The third-order valence-electron chi connectivity index (χ3n) is 2.22. The average molecular weight is 372 g/mol. The van der Waals surface area contributed by atoms with Gasteiger partial charge in [-0.25, -0.2) is 0 Å². The summed E-state index contributed by atoms with van der Waals surface area (Å²) in [5, 5.41) is 8.89. The van der Waals surface area contributed by atoms with Gasteiger partial charge < -0.3 is 5.11 Å². The van der Waals surface area contributed by atoms with Crippen molar-refractivity contribution in [2.45, 2.75) is 6.42 Å². The predicted molar refractivity (Wildman–Crippen MR) is 76.6 cm³/mol. The fourth-order valence-corrected chi connectivity index (χ4v) is 2.50. The second kappa shape index (κ2) is 6.56. The number of aliphatic carboxylic acids is 1. The van der Waals surface area contributed by atoms with Crippen molar-refractivity contribution in [3.63, 3.8) is 0 Å². The van der Waals surface area contributed by atoms with Crippen LogP contribution in [0.2, 0.25) is 5.02 Å². The first-order valence-electron chi connectivity index (χ1n) is 5.13. The molecule has 0 fully saturated rings. The molecule has 2 N–H and O–H groups in total. The lowest BCUT2D eigenvalue weighted by Crippen LogP contribution is -2.34. The molecule has 0 heterocycles. The van der Waals surface area contributed by atoms with E-state index in [1.165, 1.54) is 13.1 Å². The summed E-state index contributed by atoms with van der Waals surface area (Å²) in [5.41, 5.74) is 0.301. The number of hydrogen-bond donors (Lipinski definition) is 2. The molecule has 106 valence electrons. The highest BCUT2D eigenvalue weighted by molar-refractivity contribution is 9.10. The van der Waals surface area contributed by atoms with Gasteiger partial charge >= 0.3 is 16.2 Å². The van der Waals surface area contributed by atoms with Crippen molar-refractivity contribution in [2.24, 2.45) is 0 Å². The van der Waals surface area contributed by atoms with Crippen LogP contribution in [-0.2, 0) is 15.0 Å². The first-order chi connectivity index (χ1) is 8.72. The number of carboxylic acids is 1. The van der Waals surface area contributed by atoms with E-state index in [2.05, 4.69) is 20.7 Å². The average Bonchev–Trinajstić information content (AvgIpc) is 2.30. The Hall–Kier alpha value is -0.830. The summed E-state index contributed by atoms with van der Waals surface area (Å²) in [5.74, 6) is -1.06. The van der Waals surface area contributed by atoms with E-state index in [1.54, 1.807) is 12.1 Å². The molecule has 0 saturated heterocycles. The fraction of sp³-hybridized carbons (Fsp3) is 0.300. The van der Waals surface area contributed by atoms with Gasteiger partial charge in [-0.2, -0.15) is 12.7 Å². The second-order valence-corrected chi connectivity index (χ2v) is 6.74. The number of hydrogen-bond acceptors (Lipinski definition) is 3. The summed E-state index contributed by atoms with van der Waals surface area (Å²) < 4.78 is 27.6. The van der Waals surface area contributed by atoms with Crippen LogP contribution in [-0.4, -0.2) is 37.4 Å². The summed E-state index contributed by atoms with van der Waals surface area (Å²) in [6.45, 7) is -0.116. The number of carboxylic acid groups (broad SMARTS) is 1. The van der Waals surface area contributed by atoms with Gasteiger partial charge in [0.15, 0.2) is 0 Å². The Labute approximate surface area is 124 Å². The maximum Gasteiger partial charge on any atom is 0.304 e. The number of halogens is 2. The third-order valence-corrected chi connectivity index (χ3v) is 4.95. The van der Waals surface area contributed by atoms with Gasteiger partial charge in [0.1, 0.15) is 0 Å². The Morgan fingerprint density at radius 2 is 2.16 bits per heavy atom. The van der Waals surface area contributed by atoms with E-state index in [1.807, 2.05) is 0 Å². The molecule has 9 heteroatoms. The Balaban J connectivity index is 2.78. The highest BCUT2D eigenvalue weighted by Crippen LogP contribution is 2.26. The summed E-state index contributed by atoms with van der Waals surface area (Å²) in [4.78, 5) is 10.4. The van der Waals surface area contributed by atoms with Crippen molar-refractivity contribution in [1.82, 2.24) is 4.31 Å². The summed E-state index contributed by atoms with van der Waals surface area (Å²) in [6.07, 6.45) is -0.265. The van der Waals surface area contributed by atoms with Gasteiger partial charge in [0.25, 0.3) is 0 Å². The molecule has 0 aliphatic heterocycles. The van der Waals surface area contributed by atoms with E-state index < -0.39 is 16.2 Å². The molecule has 0 radical (unpaired) electrons. The van der Waals surface area contributed by atoms with Gasteiger partial charge in [-0.15, -0.1) is 0 Å². The van der Waals surface area contributed by atoms with Crippen LogP contribution < -0.4 is 4.72 Å². The van der Waals surface area contributed by atoms with Crippen LogP contribution in [0.4, 0.5) is 5.69 Å². The third kappa shape index (κ3) is 4.98. The van der Waals surface area contributed by atoms with Gasteiger partial charge in [0.05, 0.1) is 17.1 Å². The topological polar surface area (TPSA) is 86.7 Å². The minimum absolute atomic E-state index is 0.116. The molecule has 6 nitrogen and oxygen atoms in total. The van der Waals surface area contributed by atoms with Crippen LogP contribution in [0.3, 0.4) is 0 Å². The van der Waals surface area contributed by atoms with Crippen LogP contribution in [0.1, 0.15) is 6.42 Å². The molecule has 1 rings (SSSR count). The van der Waals surface area contributed by atoms with E-state index in [0.29, 0.717) is 15.2 Å². The monoisotopic (exact) mass is 370 g/mol. The van der Waals surface area contributed by atoms with Gasteiger partial charge in [0, 0.05) is 18.1 Å². The Kier molecular flexibility index (Phi) is 5.60. The first-order valence-corrected chi connectivity index (χ1v) is 7.74. The zero-order chi connectivity index (χ0) is 14.6. The van der Waals surface area contributed by atoms with E-state index in [9.17, 15) is 13.2 Å². The molecule has 1 aromatic rings. The van der Waals surface area contributed by atoms with E-state index >= 15 is 0 Å². The van der Waals surface area contributed by atoms with Crippen LogP contribution in [0.25, 0.3) is 0 Å². The molecule has 19 heavy (non-hydrogen) atoms. The second-order valence-electron chi connectivity index (χ2n) is 3.70. The van der Waals surface area contributed by atoms with Crippen molar-refractivity contribution >= 4 is 49.4 Å². The van der Waals surface area contributed by atoms with Gasteiger partial charge in [0.2, 0.25) is 0 Å². The summed E-state index contributed by atoms with van der Waals surface area (Å²) in [7, 11) is -2.50. The van der Waals surface area contributed by atoms with E-state index in [-0.39, 0.29) is 13.0 Å². The zero-order valence-corrected chi connectivity index (χ0v) is 13.1. The van der Waals surface area contributed by atoms with Crippen molar-refractivity contribution in [1.29, 1.82) is 0 Å². The van der Waals surface area contributed by atoms with Crippen LogP contribution in [0.15, 0.2) is 22.7 Å². The quantitative estimate of drug-likeness (QED) is 0.802. The van der Waals surface area contributed by atoms with Crippen molar-refractivity contribution < 1.29 is 18.3 Å². The lowest BCUT2D eigenvalue weighted by Gasteiger charge is -2.17. The number of nitrogens with zero attached hydrogens (tertiary/aromatic N) is 1. The Bertz CT molecular complexity index is 579. The molecule has 0 aliphatic rings. The molecule has 0 spiro atoms. The van der Waals surface area contributed by atoms with Crippen molar-refractivity contribution in [2.75, 3.05) is 18.3 Å². The lowest BCUT2D eigenvalue weighted by atomic mass is 10.3. The molecule has 0 atom stereocenters. The normalized spacial score (nSPS) is 11.6. The van der Waals surface area contributed by atoms with E-state index in [4.69, 9.17) is 16.7 Å². The molecular weight excluding hydrogens is 360 g/mol. The number of carbonyl (C=O) groups is 1. The fourth-order valence-electron chi connectivity index (χ4n) is 1.16. The van der Waals surface area contributed by atoms with E-state index in [0.717, 1.165) is 4.31 Å². The smallest absolute Gasteiger partial charge is 0.304 e. The molecule has 1 aromatic carbocycles. The maximum atomic E-state index is 11.9. The number of rotatable bonds is 6. The standard InChI is InChI=1S/C10H12BrClN2O4S/c1-14(5-4-10(15)16)19(17,18)13-7-2-3-8(11)9(12)6-7/h2-3,6,13H,4-5H2,1H3,(H,15,16). The number of nitrogens with one attached hydrogen (secondary N) is 1. The van der Waals surface area contributed by atoms with Crippen LogP contribution >= 0.6 is 27.5 Å². The predicted octanol–water partition coefficient (Wildman–Crippen LogP) is 2.17. The highest BCUT2D eigenvalue weighted by Gasteiger charge is 2.18. The van der Waals surface area contributed by atoms with Crippen LogP contribution in [0.5, 0.6) is 0 Å². The molecule has 0 bridgehead atoms. The molecule has 0 unspecified atom stereocenters. The SMILES string of the molecule is CN(CCC(=O)O)S(=O)(=O)Nc1ccc(Br)c(Cl)c1. The minimum atomic E-state index is -3.79. The van der Waals surface area contributed by atoms with Gasteiger partial charge in [-0.05, 0) is 34.1 Å². The van der Waals surface area contributed by atoms with Gasteiger partial charge in [-0.1, -0.05) is 11.6 Å². The molecule has 0 amide bonds. The Morgan fingerprint density at radius 3 is 2.68 bits per heavy atom. The lowest BCUT2D eigenvalue weighted by molar-refractivity contribution is -0.137. The van der Waals surface area contributed by atoms with Gasteiger partial charge in [-0.3, -0.25) is 9.52 Å². The van der Waals surface area contributed by atoms with Crippen molar-refractivity contribution in [3.05, 3.63) is 27.7 Å². The highest BCUT2D eigenvalue weighted by atomic mass is 79.9. The van der Waals surface area contributed by atoms with Crippen molar-refractivity contribution in [3.8, 4) is 0 Å². The molecule has 0 aromatic heterocycles. The largest absolute Gasteiger partial charge is 0.481 e. The molecule has 0 aliphatic carbocycles. The first kappa shape index (κ1) is 16.2. The number of anilines is 1. The minimum Gasteiger partial charge on any atom is -0.481 e. The zero-order valence-electron chi connectivity index (χ0n) is 9.93. The van der Waals surface area contributed by atoms with Crippen LogP contribution in [0, 0.1) is 0 Å². The maximum absolute atomic E-state index is 11.9.